The monoisotopic (exact) mass is 287 g/mol. The number of aryl methyl sites for hydroxylation is 1. The van der Waals surface area contributed by atoms with E-state index in [-0.39, 0.29) is 5.97 Å². The van der Waals surface area contributed by atoms with Gasteiger partial charge in [0, 0.05) is 19.8 Å². The summed E-state index contributed by atoms with van der Waals surface area (Å²) in [5.41, 5.74) is 3.36. The van der Waals surface area contributed by atoms with Crippen LogP contribution < -0.4 is 5.32 Å². The van der Waals surface area contributed by atoms with Gasteiger partial charge in [0.1, 0.15) is 0 Å². The number of esters is 1. The molecule has 0 radical (unpaired) electrons. The lowest BCUT2D eigenvalue weighted by Crippen LogP contribution is -2.18. The summed E-state index contributed by atoms with van der Waals surface area (Å²) < 4.78 is 6.53. The zero-order chi connectivity index (χ0) is 15.1. The van der Waals surface area contributed by atoms with Gasteiger partial charge in [0.25, 0.3) is 0 Å². The molecule has 5 nitrogen and oxygen atoms in total. The van der Waals surface area contributed by atoms with E-state index in [9.17, 15) is 4.79 Å². The van der Waals surface area contributed by atoms with Crippen LogP contribution in [-0.4, -0.2) is 29.4 Å². The number of methoxy groups -OCH3 is 1. The van der Waals surface area contributed by atoms with E-state index in [2.05, 4.69) is 10.4 Å². The molecule has 5 heteroatoms. The third kappa shape index (κ3) is 4.72. The van der Waals surface area contributed by atoms with E-state index in [0.29, 0.717) is 6.42 Å². The van der Waals surface area contributed by atoms with Gasteiger partial charge in [-0.15, -0.1) is 0 Å². The number of hydrogen-bond donors (Lipinski definition) is 1. The highest BCUT2D eigenvalue weighted by Crippen LogP contribution is 2.10. The van der Waals surface area contributed by atoms with Crippen LogP contribution in [0.15, 0.2) is 36.7 Å². The van der Waals surface area contributed by atoms with Crippen molar-refractivity contribution >= 4 is 5.97 Å². The summed E-state index contributed by atoms with van der Waals surface area (Å²) in [6, 6.07) is 7.93. The fourth-order valence-electron chi connectivity index (χ4n) is 2.19. The third-order valence-corrected chi connectivity index (χ3v) is 3.35. The second-order valence-corrected chi connectivity index (χ2v) is 4.97. The smallest absolute Gasteiger partial charge is 0.309 e. The zero-order valence-electron chi connectivity index (χ0n) is 12.5. The summed E-state index contributed by atoms with van der Waals surface area (Å²) >= 11 is 0. The van der Waals surface area contributed by atoms with Crippen LogP contribution >= 0.6 is 0 Å². The Morgan fingerprint density at radius 2 is 2.10 bits per heavy atom. The quantitative estimate of drug-likeness (QED) is 0.619. The van der Waals surface area contributed by atoms with E-state index < -0.39 is 0 Å². The molecule has 1 heterocycles. The van der Waals surface area contributed by atoms with Crippen molar-refractivity contribution in [2.45, 2.75) is 19.4 Å². The molecule has 0 saturated carbocycles. The number of aromatic nitrogens is 2. The first-order valence-electron chi connectivity index (χ1n) is 7.01. The predicted molar refractivity (Wildman–Crippen MR) is 80.8 cm³/mol. The Labute approximate surface area is 124 Å². The number of nitrogens with zero attached hydrogens (tertiary/aromatic N) is 2. The molecule has 0 aliphatic carbocycles. The number of carbonyl (C=O) groups is 1. The Morgan fingerprint density at radius 1 is 1.33 bits per heavy atom. The molecule has 1 aromatic carbocycles. The van der Waals surface area contributed by atoms with Crippen LogP contribution in [0.2, 0.25) is 0 Å². The highest BCUT2D eigenvalue weighted by molar-refractivity contribution is 5.72. The molecule has 0 unspecified atom stereocenters. The maximum absolute atomic E-state index is 11.4. The van der Waals surface area contributed by atoms with E-state index in [1.807, 2.05) is 43.7 Å². The zero-order valence-corrected chi connectivity index (χ0v) is 12.5. The van der Waals surface area contributed by atoms with Crippen LogP contribution in [0.3, 0.4) is 0 Å². The van der Waals surface area contributed by atoms with E-state index in [4.69, 9.17) is 4.74 Å². The van der Waals surface area contributed by atoms with Gasteiger partial charge in [-0.2, -0.15) is 5.10 Å². The summed E-state index contributed by atoms with van der Waals surface area (Å²) in [6.07, 6.45) is 5.16. The van der Waals surface area contributed by atoms with Crippen molar-refractivity contribution in [2.75, 3.05) is 13.7 Å². The van der Waals surface area contributed by atoms with Gasteiger partial charge >= 0.3 is 5.97 Å². The Morgan fingerprint density at radius 3 is 2.76 bits per heavy atom. The van der Waals surface area contributed by atoms with Gasteiger partial charge in [0.05, 0.1) is 19.7 Å². The van der Waals surface area contributed by atoms with Gasteiger partial charge in [0.15, 0.2) is 0 Å². The van der Waals surface area contributed by atoms with Crippen molar-refractivity contribution < 1.29 is 9.53 Å². The number of ether oxygens (including phenoxy) is 1. The summed E-state index contributed by atoms with van der Waals surface area (Å²) in [5, 5.41) is 7.55. The van der Waals surface area contributed by atoms with Crippen LogP contribution in [-0.2, 0) is 36.0 Å². The molecular formula is C16H21N3O2. The number of hydrogen-bond acceptors (Lipinski definition) is 4. The maximum Gasteiger partial charge on any atom is 0.309 e. The van der Waals surface area contributed by atoms with Crippen LogP contribution in [0.25, 0.3) is 0 Å². The molecule has 0 atom stereocenters. The standard InChI is InChI=1S/C16H21N3O2/c1-19-12-13(10-18-19)7-8-17-11-15-6-4-3-5-14(15)9-16(20)21-2/h3-6,10,12,17H,7-9,11H2,1-2H3. The van der Waals surface area contributed by atoms with Crippen molar-refractivity contribution in [1.29, 1.82) is 0 Å². The normalized spacial score (nSPS) is 10.6. The fraction of sp³-hybridized carbons (Fsp3) is 0.375. The first kappa shape index (κ1) is 15.3. The molecule has 0 fully saturated rings. The van der Waals surface area contributed by atoms with E-state index >= 15 is 0 Å². The Hall–Kier alpha value is -2.14. The molecule has 0 spiro atoms. The van der Waals surface area contributed by atoms with Crippen molar-refractivity contribution in [3.63, 3.8) is 0 Å². The number of carbonyl (C=O) groups excluding carboxylic acids is 1. The Kier molecular flexibility index (Phi) is 5.51. The minimum atomic E-state index is -0.210. The highest BCUT2D eigenvalue weighted by Gasteiger charge is 2.07. The molecule has 0 amide bonds. The minimum absolute atomic E-state index is 0.210. The summed E-state index contributed by atoms with van der Waals surface area (Å²) in [5.74, 6) is -0.210. The molecule has 0 bridgehead atoms. The first-order chi connectivity index (χ1) is 10.2. The first-order valence-corrected chi connectivity index (χ1v) is 7.01. The molecule has 0 saturated heterocycles. The van der Waals surface area contributed by atoms with Crippen LogP contribution in [0.1, 0.15) is 16.7 Å². The van der Waals surface area contributed by atoms with Gasteiger partial charge in [0.2, 0.25) is 0 Å². The lowest BCUT2D eigenvalue weighted by molar-refractivity contribution is -0.139. The lowest BCUT2D eigenvalue weighted by atomic mass is 10.0. The van der Waals surface area contributed by atoms with E-state index in [1.54, 1.807) is 4.68 Å². The molecule has 21 heavy (non-hydrogen) atoms. The topological polar surface area (TPSA) is 56.1 Å². The minimum Gasteiger partial charge on any atom is -0.469 e. The van der Waals surface area contributed by atoms with Gasteiger partial charge in [-0.1, -0.05) is 24.3 Å². The van der Waals surface area contributed by atoms with Crippen LogP contribution in [0.4, 0.5) is 0 Å². The van der Waals surface area contributed by atoms with Crippen molar-refractivity contribution in [3.05, 3.63) is 53.3 Å². The van der Waals surface area contributed by atoms with Crippen molar-refractivity contribution in [3.8, 4) is 0 Å². The molecule has 1 aromatic heterocycles. The average Bonchev–Trinajstić information content (AvgIpc) is 2.90. The van der Waals surface area contributed by atoms with Gasteiger partial charge in [-0.05, 0) is 29.7 Å². The molecule has 0 aliphatic heterocycles. The van der Waals surface area contributed by atoms with E-state index in [0.717, 1.165) is 30.6 Å². The number of nitrogens with one attached hydrogen (secondary N) is 1. The maximum atomic E-state index is 11.4. The summed E-state index contributed by atoms with van der Waals surface area (Å²) in [6.45, 7) is 1.62. The molecule has 2 aromatic rings. The highest BCUT2D eigenvalue weighted by atomic mass is 16.5. The largest absolute Gasteiger partial charge is 0.469 e. The van der Waals surface area contributed by atoms with E-state index in [1.165, 1.54) is 12.7 Å². The molecule has 0 aliphatic rings. The lowest BCUT2D eigenvalue weighted by Gasteiger charge is -2.09. The molecule has 2 rings (SSSR count). The number of benzene rings is 1. The Balaban J connectivity index is 1.83. The van der Waals surface area contributed by atoms with Crippen LogP contribution in [0.5, 0.6) is 0 Å². The second-order valence-electron chi connectivity index (χ2n) is 4.97. The summed E-state index contributed by atoms with van der Waals surface area (Å²) in [4.78, 5) is 11.4. The van der Waals surface area contributed by atoms with Crippen molar-refractivity contribution in [1.82, 2.24) is 15.1 Å². The molecule has 112 valence electrons. The molecular weight excluding hydrogens is 266 g/mol. The Bertz CT molecular complexity index is 593. The SMILES string of the molecule is COC(=O)Cc1ccccc1CNCCc1cnn(C)c1. The summed E-state index contributed by atoms with van der Waals surface area (Å²) in [7, 11) is 3.33. The molecule has 1 N–H and O–H groups in total. The van der Waals surface area contributed by atoms with Gasteiger partial charge < -0.3 is 10.1 Å². The van der Waals surface area contributed by atoms with Gasteiger partial charge in [-0.25, -0.2) is 0 Å². The van der Waals surface area contributed by atoms with Crippen LogP contribution in [0, 0.1) is 0 Å². The fourth-order valence-corrected chi connectivity index (χ4v) is 2.19. The predicted octanol–water partition coefficient (Wildman–Crippen LogP) is 1.47. The van der Waals surface area contributed by atoms with Gasteiger partial charge in [-0.3, -0.25) is 9.48 Å². The third-order valence-electron chi connectivity index (χ3n) is 3.35. The second kappa shape index (κ2) is 7.59. The van der Waals surface area contributed by atoms with Crippen molar-refractivity contribution in [2.24, 2.45) is 7.05 Å². The average molecular weight is 287 g/mol. The number of rotatable bonds is 7.